The Morgan fingerprint density at radius 1 is 1.03 bits per heavy atom. The van der Waals surface area contributed by atoms with Gasteiger partial charge in [0.25, 0.3) is 0 Å². The molecule has 1 aromatic carbocycles. The first kappa shape index (κ1) is 20.3. The highest BCUT2D eigenvalue weighted by Gasteiger charge is 2.28. The monoisotopic (exact) mass is 403 g/mol. The smallest absolute Gasteiger partial charge is 0.228 e. The molecule has 1 fully saturated rings. The second-order valence-corrected chi connectivity index (χ2v) is 7.99. The third-order valence-electron chi connectivity index (χ3n) is 5.51. The van der Waals surface area contributed by atoms with Crippen LogP contribution in [0.2, 0.25) is 0 Å². The van der Waals surface area contributed by atoms with Gasteiger partial charge in [0.05, 0.1) is 18.8 Å². The molecule has 2 aromatic heterocycles. The largest absolute Gasteiger partial charge is 0.496 e. The molecular formula is C24H29N5O. The van der Waals surface area contributed by atoms with Gasteiger partial charge >= 0.3 is 0 Å². The second kappa shape index (κ2) is 8.79. The molecule has 156 valence electrons. The van der Waals surface area contributed by atoms with Crippen LogP contribution < -0.4 is 10.1 Å². The molecule has 0 aliphatic carbocycles. The lowest BCUT2D eigenvalue weighted by Gasteiger charge is -2.25. The number of hydrogen-bond donors (Lipinski definition) is 1. The summed E-state index contributed by atoms with van der Waals surface area (Å²) in [4.78, 5) is 16.3. The normalized spacial score (nSPS) is 16.6. The number of likely N-dealkylation sites (tertiary alicyclic amines) is 1. The fourth-order valence-corrected chi connectivity index (χ4v) is 4.15. The number of hydrogen-bond acceptors (Lipinski definition) is 6. The minimum absolute atomic E-state index is 0.290. The average Bonchev–Trinajstić information content (AvgIpc) is 3.17. The minimum atomic E-state index is 0.290. The number of anilines is 2. The van der Waals surface area contributed by atoms with Crippen LogP contribution in [-0.4, -0.2) is 33.5 Å². The maximum atomic E-state index is 5.62. The van der Waals surface area contributed by atoms with Crippen molar-refractivity contribution in [1.29, 1.82) is 0 Å². The van der Waals surface area contributed by atoms with Crippen molar-refractivity contribution in [2.75, 3.05) is 19.0 Å². The van der Waals surface area contributed by atoms with Gasteiger partial charge in [-0.15, -0.1) is 0 Å². The first-order valence-corrected chi connectivity index (χ1v) is 10.5. The van der Waals surface area contributed by atoms with Crippen LogP contribution in [0.15, 0.2) is 42.5 Å². The summed E-state index contributed by atoms with van der Waals surface area (Å²) >= 11 is 0. The number of benzene rings is 1. The number of rotatable bonds is 6. The number of aromatic nitrogens is 3. The fraction of sp³-hybridized carbons (Fsp3) is 0.375. The van der Waals surface area contributed by atoms with Gasteiger partial charge in [-0.1, -0.05) is 18.2 Å². The third-order valence-corrected chi connectivity index (χ3v) is 5.51. The van der Waals surface area contributed by atoms with Gasteiger partial charge in [0.2, 0.25) is 5.95 Å². The highest BCUT2D eigenvalue weighted by molar-refractivity contribution is 5.48. The van der Waals surface area contributed by atoms with Gasteiger partial charge in [0.1, 0.15) is 11.6 Å². The van der Waals surface area contributed by atoms with E-state index in [0.29, 0.717) is 5.95 Å². The Kier molecular flexibility index (Phi) is 5.95. The number of pyridine rings is 1. The van der Waals surface area contributed by atoms with Crippen LogP contribution in [0, 0.1) is 20.8 Å². The Hall–Kier alpha value is -2.99. The Bertz CT molecular complexity index is 1020. The summed E-state index contributed by atoms with van der Waals surface area (Å²) in [6.07, 6.45) is 2.27. The maximum absolute atomic E-state index is 5.62. The van der Waals surface area contributed by atoms with Crippen molar-refractivity contribution >= 4 is 11.8 Å². The van der Waals surface area contributed by atoms with Crippen LogP contribution in [0.1, 0.15) is 47.1 Å². The highest BCUT2D eigenvalue weighted by atomic mass is 16.5. The number of ether oxygens (including phenoxy) is 1. The Labute approximate surface area is 178 Å². The van der Waals surface area contributed by atoms with Gasteiger partial charge in [0, 0.05) is 23.5 Å². The van der Waals surface area contributed by atoms with Gasteiger partial charge in [-0.3, -0.25) is 4.90 Å². The van der Waals surface area contributed by atoms with E-state index >= 15 is 0 Å². The van der Waals surface area contributed by atoms with Crippen molar-refractivity contribution in [3.8, 4) is 5.75 Å². The lowest BCUT2D eigenvalue weighted by atomic mass is 10.1. The lowest BCUT2D eigenvalue weighted by Crippen LogP contribution is -2.24. The van der Waals surface area contributed by atoms with E-state index in [0.717, 1.165) is 48.2 Å². The second-order valence-electron chi connectivity index (χ2n) is 7.99. The summed E-state index contributed by atoms with van der Waals surface area (Å²) in [6, 6.07) is 14.8. The molecule has 1 aliphatic heterocycles. The molecule has 0 radical (unpaired) electrons. The molecule has 6 nitrogen and oxygen atoms in total. The van der Waals surface area contributed by atoms with Gasteiger partial charge in [-0.05, 0) is 70.0 Å². The molecule has 0 bridgehead atoms. The van der Waals surface area contributed by atoms with Crippen molar-refractivity contribution in [3.05, 3.63) is 70.7 Å². The van der Waals surface area contributed by atoms with E-state index < -0.39 is 0 Å². The summed E-state index contributed by atoms with van der Waals surface area (Å²) in [6.45, 7) is 7.95. The van der Waals surface area contributed by atoms with Crippen molar-refractivity contribution in [2.24, 2.45) is 0 Å². The summed E-state index contributed by atoms with van der Waals surface area (Å²) < 4.78 is 5.62. The van der Waals surface area contributed by atoms with Crippen molar-refractivity contribution in [1.82, 2.24) is 19.9 Å². The first-order chi connectivity index (χ1) is 14.5. The minimum Gasteiger partial charge on any atom is -0.496 e. The fourth-order valence-electron chi connectivity index (χ4n) is 4.15. The molecule has 0 amide bonds. The van der Waals surface area contributed by atoms with E-state index in [9.17, 15) is 0 Å². The SMILES string of the molecule is COc1cc(C)ccc1CN1CCC[C@H]1c1cccc(Nc2nc(C)cc(C)n2)n1. The zero-order chi connectivity index (χ0) is 21.1. The predicted octanol–water partition coefficient (Wildman–Crippen LogP) is 4.89. The highest BCUT2D eigenvalue weighted by Crippen LogP contribution is 2.34. The van der Waals surface area contributed by atoms with Crippen LogP contribution >= 0.6 is 0 Å². The molecular weight excluding hydrogens is 374 g/mol. The molecule has 6 heteroatoms. The van der Waals surface area contributed by atoms with Crippen LogP contribution in [0.4, 0.5) is 11.8 Å². The number of nitrogens with one attached hydrogen (secondary N) is 1. The van der Waals surface area contributed by atoms with Crippen LogP contribution in [0.3, 0.4) is 0 Å². The van der Waals surface area contributed by atoms with E-state index in [1.807, 2.05) is 26.0 Å². The topological polar surface area (TPSA) is 63.2 Å². The lowest BCUT2D eigenvalue weighted by molar-refractivity contribution is 0.240. The third kappa shape index (κ3) is 4.60. The Morgan fingerprint density at radius 3 is 2.60 bits per heavy atom. The van der Waals surface area contributed by atoms with Crippen molar-refractivity contribution < 1.29 is 4.74 Å². The predicted molar refractivity (Wildman–Crippen MR) is 119 cm³/mol. The standard InChI is InChI=1S/C24H29N5O/c1-16-10-11-19(22(13-16)30-4)15-29-12-6-8-21(29)20-7-5-9-23(27-20)28-24-25-17(2)14-18(3)26-24/h5,7,9-11,13-14,21H,6,8,12,15H2,1-4H3,(H,25,26,27,28)/t21-/m0/s1. The molecule has 1 aliphatic rings. The molecule has 4 rings (SSSR count). The zero-order valence-electron chi connectivity index (χ0n) is 18.1. The number of methoxy groups -OCH3 is 1. The van der Waals surface area contributed by atoms with Gasteiger partial charge < -0.3 is 10.1 Å². The molecule has 30 heavy (non-hydrogen) atoms. The molecule has 3 heterocycles. The van der Waals surface area contributed by atoms with Crippen molar-refractivity contribution in [3.63, 3.8) is 0 Å². The van der Waals surface area contributed by atoms with Gasteiger partial charge in [-0.2, -0.15) is 0 Å². The van der Waals surface area contributed by atoms with Gasteiger partial charge in [-0.25, -0.2) is 15.0 Å². The Morgan fingerprint density at radius 2 is 1.83 bits per heavy atom. The average molecular weight is 404 g/mol. The molecule has 1 atom stereocenters. The molecule has 1 saturated heterocycles. The van der Waals surface area contributed by atoms with E-state index in [2.05, 4.69) is 57.4 Å². The van der Waals surface area contributed by atoms with E-state index in [1.54, 1.807) is 7.11 Å². The molecule has 3 aromatic rings. The molecule has 0 unspecified atom stereocenters. The van der Waals surface area contributed by atoms with Crippen LogP contribution in [0.25, 0.3) is 0 Å². The van der Waals surface area contributed by atoms with E-state index in [1.165, 1.54) is 17.5 Å². The summed E-state index contributed by atoms with van der Waals surface area (Å²) in [5.74, 6) is 2.32. The molecule has 1 N–H and O–H groups in total. The molecule has 0 saturated carbocycles. The summed E-state index contributed by atoms with van der Waals surface area (Å²) in [5.41, 5.74) is 5.38. The van der Waals surface area contributed by atoms with Crippen LogP contribution in [-0.2, 0) is 6.54 Å². The van der Waals surface area contributed by atoms with E-state index in [-0.39, 0.29) is 6.04 Å². The number of aryl methyl sites for hydroxylation is 3. The van der Waals surface area contributed by atoms with Crippen LogP contribution in [0.5, 0.6) is 5.75 Å². The summed E-state index contributed by atoms with van der Waals surface area (Å²) in [5, 5.41) is 3.27. The van der Waals surface area contributed by atoms with Gasteiger partial charge in [0.15, 0.2) is 0 Å². The first-order valence-electron chi connectivity index (χ1n) is 10.5. The Balaban J connectivity index is 1.54. The number of nitrogens with zero attached hydrogens (tertiary/aromatic N) is 4. The van der Waals surface area contributed by atoms with Crippen molar-refractivity contribution in [2.45, 2.75) is 46.2 Å². The van der Waals surface area contributed by atoms with E-state index in [4.69, 9.17) is 9.72 Å². The quantitative estimate of drug-likeness (QED) is 0.632. The maximum Gasteiger partial charge on any atom is 0.228 e. The molecule has 0 spiro atoms. The zero-order valence-corrected chi connectivity index (χ0v) is 18.1. The summed E-state index contributed by atoms with van der Waals surface area (Å²) in [7, 11) is 1.74.